The molecule has 1 N–H and O–H groups in total. The van der Waals surface area contributed by atoms with Crippen LogP contribution >= 0.6 is 0 Å². The third kappa shape index (κ3) is 2.01. The van der Waals surface area contributed by atoms with E-state index in [0.29, 0.717) is 12.6 Å². The van der Waals surface area contributed by atoms with Crippen LogP contribution in [0.25, 0.3) is 0 Å². The van der Waals surface area contributed by atoms with Crippen molar-refractivity contribution in [3.05, 3.63) is 29.8 Å². The van der Waals surface area contributed by atoms with Crippen LogP contribution in [0.2, 0.25) is 0 Å². The Morgan fingerprint density at radius 1 is 1.37 bits per heavy atom. The molecule has 2 aliphatic rings. The van der Waals surface area contributed by atoms with Crippen LogP contribution in [0.15, 0.2) is 24.3 Å². The fourth-order valence-electron chi connectivity index (χ4n) is 3.69. The van der Waals surface area contributed by atoms with E-state index >= 15 is 0 Å². The van der Waals surface area contributed by atoms with Gasteiger partial charge in [-0.3, -0.25) is 4.79 Å². The molecule has 1 heterocycles. The van der Waals surface area contributed by atoms with Crippen molar-refractivity contribution < 1.29 is 9.90 Å². The monoisotopic (exact) mass is 259 g/mol. The number of aliphatic carboxylic acids is 1. The number of para-hydroxylation sites is 1. The predicted molar refractivity (Wildman–Crippen MR) is 75.5 cm³/mol. The Bertz CT molecular complexity index is 491. The second-order valence-electron chi connectivity index (χ2n) is 6.10. The van der Waals surface area contributed by atoms with Gasteiger partial charge in [0.25, 0.3) is 0 Å². The van der Waals surface area contributed by atoms with Gasteiger partial charge in [0, 0.05) is 18.3 Å². The minimum atomic E-state index is -0.610. The fourth-order valence-corrected chi connectivity index (χ4v) is 3.69. The quantitative estimate of drug-likeness (QED) is 0.907. The highest BCUT2D eigenvalue weighted by molar-refractivity contribution is 5.76. The van der Waals surface area contributed by atoms with Crippen LogP contribution in [0.4, 0.5) is 5.69 Å². The molecule has 0 saturated heterocycles. The van der Waals surface area contributed by atoms with Gasteiger partial charge in [-0.05, 0) is 37.8 Å². The van der Waals surface area contributed by atoms with E-state index in [1.807, 2.05) is 6.07 Å². The van der Waals surface area contributed by atoms with Gasteiger partial charge in [-0.25, -0.2) is 0 Å². The third-order valence-corrected chi connectivity index (χ3v) is 4.84. The minimum Gasteiger partial charge on any atom is -0.481 e. The number of anilines is 1. The molecule has 1 aliphatic carbocycles. The lowest BCUT2D eigenvalue weighted by Crippen LogP contribution is -2.43. The molecule has 19 heavy (non-hydrogen) atoms. The molecule has 0 aromatic heterocycles. The Kier molecular flexibility index (Phi) is 3.00. The van der Waals surface area contributed by atoms with E-state index in [1.54, 1.807) is 0 Å². The molecule has 1 fully saturated rings. The van der Waals surface area contributed by atoms with Gasteiger partial charge in [-0.2, -0.15) is 0 Å². The molecule has 1 atom stereocenters. The largest absolute Gasteiger partial charge is 0.481 e. The first-order valence-electron chi connectivity index (χ1n) is 7.20. The number of nitrogens with zero attached hydrogens (tertiary/aromatic N) is 1. The number of hydrogen-bond donors (Lipinski definition) is 1. The summed E-state index contributed by atoms with van der Waals surface area (Å²) in [5, 5.41) is 9.63. The highest BCUT2D eigenvalue weighted by Crippen LogP contribution is 2.42. The van der Waals surface area contributed by atoms with Crippen LogP contribution in [0.5, 0.6) is 0 Å². The van der Waals surface area contributed by atoms with E-state index in [9.17, 15) is 9.90 Å². The van der Waals surface area contributed by atoms with Crippen LogP contribution in [-0.4, -0.2) is 23.7 Å². The van der Waals surface area contributed by atoms with Gasteiger partial charge in [0.1, 0.15) is 0 Å². The van der Waals surface area contributed by atoms with Crippen molar-refractivity contribution in [2.75, 3.05) is 11.4 Å². The Hall–Kier alpha value is -1.51. The zero-order chi connectivity index (χ0) is 13.5. The summed E-state index contributed by atoms with van der Waals surface area (Å²) >= 11 is 0. The minimum absolute atomic E-state index is 0.411. The maximum absolute atomic E-state index is 11.7. The van der Waals surface area contributed by atoms with Gasteiger partial charge in [-0.1, -0.05) is 31.0 Å². The smallest absolute Gasteiger partial charge is 0.311 e. The van der Waals surface area contributed by atoms with Crippen molar-refractivity contribution in [3.63, 3.8) is 0 Å². The van der Waals surface area contributed by atoms with Gasteiger partial charge in [0.15, 0.2) is 0 Å². The van der Waals surface area contributed by atoms with Crippen molar-refractivity contribution in [3.8, 4) is 0 Å². The highest BCUT2D eigenvalue weighted by atomic mass is 16.4. The van der Waals surface area contributed by atoms with Gasteiger partial charge >= 0.3 is 5.97 Å². The molecule has 0 bridgehead atoms. The third-order valence-electron chi connectivity index (χ3n) is 4.84. The molecule has 0 spiro atoms. The van der Waals surface area contributed by atoms with E-state index in [1.165, 1.54) is 11.3 Å². The zero-order valence-corrected chi connectivity index (χ0v) is 11.4. The molecule has 1 aliphatic heterocycles. The molecule has 1 unspecified atom stereocenters. The lowest BCUT2D eigenvalue weighted by Gasteiger charge is -2.34. The average molecular weight is 259 g/mol. The predicted octanol–water partition coefficient (Wildman–Crippen LogP) is 3.08. The van der Waals surface area contributed by atoms with Crippen LogP contribution < -0.4 is 4.90 Å². The van der Waals surface area contributed by atoms with E-state index in [-0.39, 0.29) is 0 Å². The van der Waals surface area contributed by atoms with Gasteiger partial charge in [-0.15, -0.1) is 0 Å². The first kappa shape index (κ1) is 12.5. The number of carboxylic acids is 1. The zero-order valence-electron chi connectivity index (χ0n) is 11.4. The van der Waals surface area contributed by atoms with Crippen molar-refractivity contribution in [2.24, 2.45) is 5.41 Å². The summed E-state index contributed by atoms with van der Waals surface area (Å²) < 4.78 is 0. The van der Waals surface area contributed by atoms with Gasteiger partial charge < -0.3 is 10.0 Å². The average Bonchev–Trinajstić information content (AvgIpc) is 2.97. The summed E-state index contributed by atoms with van der Waals surface area (Å²) in [6.07, 6.45) is 4.79. The molecule has 3 rings (SSSR count). The van der Waals surface area contributed by atoms with Crippen molar-refractivity contribution in [2.45, 2.75) is 45.1 Å². The normalized spacial score (nSPS) is 24.5. The number of benzene rings is 1. The molecule has 102 valence electrons. The molecule has 0 radical (unpaired) electrons. The lowest BCUT2D eigenvalue weighted by molar-refractivity contribution is -0.148. The first-order chi connectivity index (χ1) is 9.12. The standard InChI is InChI=1S/C16H21NO2/c1-12-10-13-6-2-3-7-14(13)17(12)11-16(15(18)19)8-4-5-9-16/h2-3,6-7,12H,4-5,8-11H2,1H3,(H,18,19). The SMILES string of the molecule is CC1Cc2ccccc2N1CC1(C(=O)O)CCCC1. The Morgan fingerprint density at radius 2 is 2.05 bits per heavy atom. The molecule has 1 aromatic carbocycles. The van der Waals surface area contributed by atoms with Crippen molar-refractivity contribution >= 4 is 11.7 Å². The molecule has 1 saturated carbocycles. The maximum atomic E-state index is 11.7. The second kappa shape index (κ2) is 4.55. The summed E-state index contributed by atoms with van der Waals surface area (Å²) in [6, 6.07) is 8.81. The molecule has 0 amide bonds. The maximum Gasteiger partial charge on any atom is 0.311 e. The lowest BCUT2D eigenvalue weighted by atomic mass is 9.85. The summed E-state index contributed by atoms with van der Waals surface area (Å²) in [5.74, 6) is -0.610. The number of fused-ring (bicyclic) bond motifs is 1. The number of hydrogen-bond acceptors (Lipinski definition) is 2. The second-order valence-corrected chi connectivity index (χ2v) is 6.10. The van der Waals surface area contributed by atoms with Crippen LogP contribution in [-0.2, 0) is 11.2 Å². The Balaban J connectivity index is 1.89. The molecular weight excluding hydrogens is 238 g/mol. The molecule has 3 nitrogen and oxygen atoms in total. The number of rotatable bonds is 3. The fraction of sp³-hybridized carbons (Fsp3) is 0.562. The summed E-state index contributed by atoms with van der Waals surface area (Å²) in [7, 11) is 0. The van der Waals surface area contributed by atoms with Crippen LogP contribution in [0.1, 0.15) is 38.2 Å². The van der Waals surface area contributed by atoms with E-state index < -0.39 is 11.4 Å². The van der Waals surface area contributed by atoms with E-state index in [4.69, 9.17) is 0 Å². The Labute approximate surface area is 114 Å². The molecule has 3 heteroatoms. The van der Waals surface area contributed by atoms with Gasteiger partial charge in [0.05, 0.1) is 5.41 Å². The Morgan fingerprint density at radius 3 is 2.74 bits per heavy atom. The molecular formula is C16H21NO2. The van der Waals surface area contributed by atoms with Crippen LogP contribution in [0, 0.1) is 5.41 Å². The van der Waals surface area contributed by atoms with E-state index in [0.717, 1.165) is 32.1 Å². The summed E-state index contributed by atoms with van der Waals surface area (Å²) in [6.45, 7) is 2.87. The molecule has 1 aromatic rings. The van der Waals surface area contributed by atoms with Gasteiger partial charge in [0.2, 0.25) is 0 Å². The first-order valence-corrected chi connectivity index (χ1v) is 7.20. The topological polar surface area (TPSA) is 40.5 Å². The van der Waals surface area contributed by atoms with Crippen molar-refractivity contribution in [1.82, 2.24) is 0 Å². The van der Waals surface area contributed by atoms with E-state index in [2.05, 4.69) is 30.0 Å². The summed E-state index contributed by atoms with van der Waals surface area (Å²) in [5.41, 5.74) is 2.07. The summed E-state index contributed by atoms with van der Waals surface area (Å²) in [4.78, 5) is 14.0. The number of carboxylic acid groups (broad SMARTS) is 1. The van der Waals surface area contributed by atoms with Crippen LogP contribution in [0.3, 0.4) is 0 Å². The number of carbonyl (C=O) groups is 1. The van der Waals surface area contributed by atoms with Crippen molar-refractivity contribution in [1.29, 1.82) is 0 Å². The highest BCUT2D eigenvalue weighted by Gasteiger charge is 2.44.